The summed E-state index contributed by atoms with van der Waals surface area (Å²) in [6.07, 6.45) is 1.55. The molecule has 0 spiro atoms. The van der Waals surface area contributed by atoms with Crippen LogP contribution in [0.25, 0.3) is 0 Å². The summed E-state index contributed by atoms with van der Waals surface area (Å²) in [5.41, 5.74) is 0.983. The molecule has 1 fully saturated rings. The van der Waals surface area contributed by atoms with Gasteiger partial charge in [-0.1, -0.05) is 55.9 Å². The van der Waals surface area contributed by atoms with Crippen LogP contribution in [-0.2, 0) is 16.1 Å². The van der Waals surface area contributed by atoms with E-state index in [1.807, 2.05) is 36.6 Å². The maximum atomic E-state index is 12.3. The summed E-state index contributed by atoms with van der Waals surface area (Å²) in [5.74, 6) is 0.681. The first kappa shape index (κ1) is 18.1. The number of amides is 1. The van der Waals surface area contributed by atoms with Crippen molar-refractivity contribution in [3.63, 3.8) is 0 Å². The van der Waals surface area contributed by atoms with Crippen LogP contribution in [0.2, 0.25) is 0 Å². The molecular formula is C17H23NO3S2. The standard InChI is InChI=1S/C17H23NO3S2/c1-12(2)14-9-18(10-15(14)21-17(22)23-3)16(19)20-11-13-7-5-4-6-8-13/h4-8,12,14-15H,9-11H2,1-3H3. The van der Waals surface area contributed by atoms with Crippen molar-refractivity contribution in [3.8, 4) is 0 Å². The minimum atomic E-state index is -0.291. The van der Waals surface area contributed by atoms with Crippen LogP contribution in [0.3, 0.4) is 0 Å². The van der Waals surface area contributed by atoms with Crippen molar-refractivity contribution in [1.82, 2.24) is 4.90 Å². The Kier molecular flexibility index (Phi) is 6.72. The van der Waals surface area contributed by atoms with Crippen molar-refractivity contribution < 1.29 is 14.3 Å². The lowest BCUT2D eigenvalue weighted by molar-refractivity contribution is 0.0988. The Morgan fingerprint density at radius 2 is 2.04 bits per heavy atom. The molecule has 1 aromatic carbocycles. The number of thiocarbonyl (C=S) groups is 1. The summed E-state index contributed by atoms with van der Waals surface area (Å²) < 4.78 is 11.8. The monoisotopic (exact) mass is 353 g/mol. The minimum absolute atomic E-state index is 0.0563. The van der Waals surface area contributed by atoms with Crippen LogP contribution >= 0.6 is 24.0 Å². The summed E-state index contributed by atoms with van der Waals surface area (Å²) in [5, 5.41) is 0. The maximum absolute atomic E-state index is 12.3. The van der Waals surface area contributed by atoms with Crippen molar-refractivity contribution in [3.05, 3.63) is 35.9 Å². The Hall–Kier alpha value is -1.27. The Bertz CT molecular complexity index is 536. The third kappa shape index (κ3) is 5.11. The lowest BCUT2D eigenvalue weighted by Gasteiger charge is -2.22. The van der Waals surface area contributed by atoms with Gasteiger partial charge in [0.25, 0.3) is 0 Å². The van der Waals surface area contributed by atoms with Crippen molar-refractivity contribution in [1.29, 1.82) is 0 Å². The van der Waals surface area contributed by atoms with Gasteiger partial charge in [0.05, 0.1) is 6.54 Å². The van der Waals surface area contributed by atoms with Gasteiger partial charge in [0.2, 0.25) is 4.38 Å². The number of likely N-dealkylation sites (tertiary alicyclic amines) is 1. The number of rotatable bonds is 4. The Morgan fingerprint density at radius 3 is 2.65 bits per heavy atom. The summed E-state index contributed by atoms with van der Waals surface area (Å²) in [7, 11) is 0. The van der Waals surface area contributed by atoms with E-state index in [-0.39, 0.29) is 24.7 Å². The van der Waals surface area contributed by atoms with Gasteiger partial charge in [-0.05, 0) is 30.0 Å². The van der Waals surface area contributed by atoms with Crippen molar-refractivity contribution >= 4 is 34.5 Å². The van der Waals surface area contributed by atoms with Gasteiger partial charge in [0, 0.05) is 12.5 Å². The van der Waals surface area contributed by atoms with E-state index >= 15 is 0 Å². The van der Waals surface area contributed by atoms with E-state index in [1.165, 1.54) is 11.8 Å². The Morgan fingerprint density at radius 1 is 1.35 bits per heavy atom. The van der Waals surface area contributed by atoms with Crippen LogP contribution in [0.5, 0.6) is 0 Å². The molecule has 0 radical (unpaired) electrons. The van der Waals surface area contributed by atoms with Gasteiger partial charge < -0.3 is 14.4 Å². The zero-order chi connectivity index (χ0) is 16.8. The van der Waals surface area contributed by atoms with E-state index in [0.29, 0.717) is 23.4 Å². The third-order valence-electron chi connectivity index (χ3n) is 4.04. The second-order valence-corrected chi connectivity index (χ2v) is 7.37. The summed E-state index contributed by atoms with van der Waals surface area (Å²) >= 11 is 6.57. The smallest absolute Gasteiger partial charge is 0.410 e. The normalized spacial score (nSPS) is 20.6. The number of hydrogen-bond donors (Lipinski definition) is 0. The lowest BCUT2D eigenvalue weighted by atomic mass is 9.93. The van der Waals surface area contributed by atoms with Gasteiger partial charge in [-0.2, -0.15) is 0 Å². The Balaban J connectivity index is 1.92. The molecule has 1 aromatic rings. The fourth-order valence-electron chi connectivity index (χ4n) is 2.70. The molecule has 2 unspecified atom stereocenters. The average Bonchev–Trinajstić information content (AvgIpc) is 2.97. The first-order chi connectivity index (χ1) is 11.0. The number of benzene rings is 1. The number of nitrogens with zero attached hydrogens (tertiary/aromatic N) is 1. The van der Waals surface area contributed by atoms with Gasteiger partial charge in [-0.25, -0.2) is 4.79 Å². The van der Waals surface area contributed by atoms with Crippen LogP contribution in [0.15, 0.2) is 30.3 Å². The predicted molar refractivity (Wildman–Crippen MR) is 97.5 cm³/mol. The quantitative estimate of drug-likeness (QED) is 0.767. The van der Waals surface area contributed by atoms with Crippen LogP contribution in [-0.4, -0.2) is 40.8 Å². The molecule has 0 N–H and O–H groups in total. The fourth-order valence-corrected chi connectivity index (χ4v) is 3.04. The highest BCUT2D eigenvalue weighted by atomic mass is 32.2. The molecule has 0 bridgehead atoms. The fraction of sp³-hybridized carbons (Fsp3) is 0.529. The maximum Gasteiger partial charge on any atom is 0.410 e. The largest absolute Gasteiger partial charge is 0.473 e. The molecule has 2 rings (SSSR count). The van der Waals surface area contributed by atoms with Gasteiger partial charge >= 0.3 is 6.09 Å². The molecule has 126 valence electrons. The van der Waals surface area contributed by atoms with Crippen LogP contribution in [0, 0.1) is 11.8 Å². The molecule has 1 aliphatic rings. The lowest BCUT2D eigenvalue weighted by Crippen LogP contribution is -2.30. The first-order valence-electron chi connectivity index (χ1n) is 7.71. The molecule has 0 aromatic heterocycles. The second kappa shape index (κ2) is 8.55. The molecule has 1 saturated heterocycles. The molecule has 1 amide bonds. The molecule has 0 aliphatic carbocycles. The predicted octanol–water partition coefficient (Wildman–Crippen LogP) is 3.94. The van der Waals surface area contributed by atoms with E-state index in [4.69, 9.17) is 21.7 Å². The summed E-state index contributed by atoms with van der Waals surface area (Å²) in [6, 6.07) is 9.69. The van der Waals surface area contributed by atoms with E-state index in [2.05, 4.69) is 13.8 Å². The molecule has 2 atom stereocenters. The Labute approximate surface area is 147 Å². The SMILES string of the molecule is CSC(=S)OC1CN(C(=O)OCc2ccccc2)CC1C(C)C. The average molecular weight is 354 g/mol. The highest BCUT2D eigenvalue weighted by Gasteiger charge is 2.39. The second-order valence-electron chi connectivity index (χ2n) is 5.96. The molecule has 1 heterocycles. The zero-order valence-corrected chi connectivity index (χ0v) is 15.4. The van der Waals surface area contributed by atoms with Crippen LogP contribution in [0.4, 0.5) is 4.79 Å². The topological polar surface area (TPSA) is 38.8 Å². The molecule has 6 heteroatoms. The number of carbonyl (C=O) groups is 1. The molecule has 1 aliphatic heterocycles. The molecular weight excluding hydrogens is 330 g/mol. The van der Waals surface area contributed by atoms with Gasteiger partial charge in [0.15, 0.2) is 0 Å². The number of hydrogen-bond acceptors (Lipinski definition) is 5. The molecule has 0 saturated carbocycles. The number of ether oxygens (including phenoxy) is 2. The first-order valence-corrected chi connectivity index (χ1v) is 9.34. The third-order valence-corrected chi connectivity index (χ3v) is 5.07. The van der Waals surface area contributed by atoms with Crippen LogP contribution < -0.4 is 0 Å². The van der Waals surface area contributed by atoms with Crippen molar-refractivity contribution in [2.45, 2.75) is 26.6 Å². The highest BCUT2D eigenvalue weighted by Crippen LogP contribution is 2.28. The van der Waals surface area contributed by atoms with E-state index in [0.717, 1.165) is 5.56 Å². The molecule has 4 nitrogen and oxygen atoms in total. The summed E-state index contributed by atoms with van der Waals surface area (Å²) in [4.78, 5) is 14.0. The minimum Gasteiger partial charge on any atom is -0.473 e. The van der Waals surface area contributed by atoms with Crippen molar-refractivity contribution in [2.75, 3.05) is 19.3 Å². The van der Waals surface area contributed by atoms with E-state index in [9.17, 15) is 4.79 Å². The van der Waals surface area contributed by atoms with Crippen molar-refractivity contribution in [2.24, 2.45) is 11.8 Å². The number of carbonyl (C=O) groups excluding carboxylic acids is 1. The van der Waals surface area contributed by atoms with Gasteiger partial charge in [-0.3, -0.25) is 0 Å². The van der Waals surface area contributed by atoms with E-state index < -0.39 is 0 Å². The van der Waals surface area contributed by atoms with Crippen LogP contribution in [0.1, 0.15) is 19.4 Å². The van der Waals surface area contributed by atoms with E-state index in [1.54, 1.807) is 4.90 Å². The summed E-state index contributed by atoms with van der Waals surface area (Å²) in [6.45, 7) is 5.74. The zero-order valence-electron chi connectivity index (χ0n) is 13.7. The highest BCUT2D eigenvalue weighted by molar-refractivity contribution is 8.22. The number of thioether (sulfide) groups is 1. The molecule has 23 heavy (non-hydrogen) atoms. The van der Waals surface area contributed by atoms with Gasteiger partial charge in [-0.15, -0.1) is 0 Å². The van der Waals surface area contributed by atoms with Gasteiger partial charge in [0.1, 0.15) is 12.7 Å².